The first-order valence-corrected chi connectivity index (χ1v) is 7.77. The number of aromatic nitrogens is 2. The van der Waals surface area contributed by atoms with Gasteiger partial charge in [0.1, 0.15) is 30.3 Å². The minimum Gasteiger partial charge on any atom is -0.743 e. The molecule has 0 unspecified atom stereocenters. The van der Waals surface area contributed by atoms with Gasteiger partial charge in [-0.15, -0.1) is 0 Å². The fourth-order valence-corrected chi connectivity index (χ4v) is 1.86. The van der Waals surface area contributed by atoms with E-state index in [0.717, 1.165) is 12.1 Å². The van der Waals surface area contributed by atoms with E-state index < -0.39 is 30.3 Å². The van der Waals surface area contributed by atoms with E-state index in [-0.39, 0.29) is 27.7 Å². The summed E-state index contributed by atoms with van der Waals surface area (Å²) in [5, 5.41) is -0.870. The molecule has 0 saturated heterocycles. The molecule has 2 aromatic heterocycles. The molecule has 0 aliphatic heterocycles. The molecular weight excluding hydrogens is 399 g/mol. The van der Waals surface area contributed by atoms with E-state index in [9.17, 15) is 25.9 Å². The van der Waals surface area contributed by atoms with E-state index >= 15 is 0 Å². The number of nitrogens with zero attached hydrogens (tertiary/aromatic N) is 2. The zero-order chi connectivity index (χ0) is 15.2. The number of hydrogen-bond donors (Lipinski definition) is 0. The van der Waals surface area contributed by atoms with Gasteiger partial charge in [0.15, 0.2) is 0 Å². The van der Waals surface area contributed by atoms with Gasteiger partial charge < -0.3 is 20.1 Å². The summed E-state index contributed by atoms with van der Waals surface area (Å²) in [6.45, 7) is 0. The van der Waals surface area contributed by atoms with Crippen LogP contribution < -0.4 is 0 Å². The molecule has 0 saturated carbocycles. The van der Waals surface area contributed by atoms with Gasteiger partial charge >= 0.3 is 16.8 Å². The van der Waals surface area contributed by atoms with Crippen molar-refractivity contribution in [3.8, 4) is 0 Å². The normalized spacial score (nSPS) is 9.83. The topological polar surface area (TPSA) is 206 Å². The Kier molecular flexibility index (Phi) is 12.8. The maximum Gasteiger partial charge on any atom is 2.00 e. The van der Waals surface area contributed by atoms with Crippen LogP contribution in [0.15, 0.2) is 58.8 Å². The maximum atomic E-state index is 10.2. The molecule has 131 valence electrons. The Balaban J connectivity index is -0.000000308. The SMILES string of the molecule is O=S(=O)([O-])c1ccccn1.O=S(=O)([O-])c1ccccn1.[Co+2].[OH3+].[OH3+]. The van der Waals surface area contributed by atoms with Crippen LogP contribution in [0.3, 0.4) is 0 Å². The van der Waals surface area contributed by atoms with Gasteiger partial charge in [0.05, 0.1) is 0 Å². The molecule has 0 fully saturated rings. The quantitative estimate of drug-likeness (QED) is 0.401. The van der Waals surface area contributed by atoms with Crippen LogP contribution in [0.2, 0.25) is 0 Å². The summed E-state index contributed by atoms with van der Waals surface area (Å²) in [6, 6.07) is 8.27. The Morgan fingerprint density at radius 2 is 1.00 bits per heavy atom. The van der Waals surface area contributed by atoms with Crippen LogP contribution in [0.1, 0.15) is 0 Å². The first-order valence-electron chi connectivity index (χ1n) is 4.95. The summed E-state index contributed by atoms with van der Waals surface area (Å²) in [5.41, 5.74) is 0. The molecule has 13 heteroatoms. The van der Waals surface area contributed by atoms with Gasteiger partial charge in [-0.1, -0.05) is 12.1 Å². The molecule has 0 aliphatic rings. The van der Waals surface area contributed by atoms with Gasteiger partial charge in [-0.25, -0.2) is 26.8 Å². The van der Waals surface area contributed by atoms with Crippen molar-refractivity contribution in [2.45, 2.75) is 10.1 Å². The van der Waals surface area contributed by atoms with Gasteiger partial charge in [0.2, 0.25) is 0 Å². The van der Waals surface area contributed by atoms with Crippen LogP contribution >= 0.6 is 0 Å². The summed E-state index contributed by atoms with van der Waals surface area (Å²) < 4.78 is 61.3. The first-order chi connectivity index (χ1) is 9.21. The Hall–Kier alpha value is -1.45. The molecule has 0 spiro atoms. The molecule has 0 bridgehead atoms. The molecule has 6 N–H and O–H groups in total. The summed E-state index contributed by atoms with van der Waals surface area (Å²) in [7, 11) is -8.73. The molecule has 23 heavy (non-hydrogen) atoms. The van der Waals surface area contributed by atoms with E-state index in [1.165, 1.54) is 36.7 Å². The van der Waals surface area contributed by atoms with Crippen LogP contribution in [0.5, 0.6) is 0 Å². The van der Waals surface area contributed by atoms with E-state index in [1.807, 2.05) is 0 Å². The summed E-state index contributed by atoms with van der Waals surface area (Å²) in [4.78, 5) is 6.70. The fraction of sp³-hybridized carbons (Fsp3) is 0. The third kappa shape index (κ3) is 10.0. The monoisotopic (exact) mass is 413 g/mol. The van der Waals surface area contributed by atoms with Crippen molar-refractivity contribution in [3.05, 3.63) is 48.8 Å². The van der Waals surface area contributed by atoms with E-state index in [0.29, 0.717) is 0 Å². The van der Waals surface area contributed by atoms with Gasteiger partial charge in [-0.3, -0.25) is 0 Å². The average Bonchev–Trinajstić information content (AvgIpc) is 2.40. The van der Waals surface area contributed by atoms with Gasteiger partial charge in [0, 0.05) is 12.4 Å². The van der Waals surface area contributed by atoms with Gasteiger partial charge in [0.25, 0.3) is 0 Å². The fourth-order valence-electron chi connectivity index (χ4n) is 0.990. The summed E-state index contributed by atoms with van der Waals surface area (Å²) in [5.74, 6) is 0. The van der Waals surface area contributed by atoms with Gasteiger partial charge in [-0.05, 0) is 24.3 Å². The smallest absolute Gasteiger partial charge is 0.743 e. The largest absolute Gasteiger partial charge is 2.00 e. The van der Waals surface area contributed by atoms with Crippen molar-refractivity contribution in [2.75, 3.05) is 0 Å². The predicted molar refractivity (Wildman–Crippen MR) is 74.1 cm³/mol. The second-order valence-corrected chi connectivity index (χ2v) is 5.90. The molecule has 1 radical (unpaired) electrons. The zero-order valence-corrected chi connectivity index (χ0v) is 13.9. The van der Waals surface area contributed by atoms with Crippen molar-refractivity contribution in [2.24, 2.45) is 0 Å². The van der Waals surface area contributed by atoms with Crippen molar-refractivity contribution < 1.29 is 53.7 Å². The minimum atomic E-state index is -4.36. The van der Waals surface area contributed by atoms with Crippen molar-refractivity contribution in [3.63, 3.8) is 0 Å². The molecular formula is C10H14CoN2O8S2+2. The third-order valence-corrected chi connectivity index (χ3v) is 3.30. The average molecular weight is 413 g/mol. The van der Waals surface area contributed by atoms with Crippen LogP contribution in [0, 0.1) is 0 Å². The number of hydrogen-bond acceptors (Lipinski definition) is 8. The molecule has 0 aliphatic carbocycles. The standard InChI is InChI=1S/2C5H5NO3S.Co.2H2O/c2*7-10(8,9)5-3-1-2-4-6-5;;;/h2*1-4H,(H,7,8,9);;2*1H2/q;;+2;;. The zero-order valence-electron chi connectivity index (χ0n) is 11.3. The Morgan fingerprint density at radius 1 is 0.696 bits per heavy atom. The van der Waals surface area contributed by atoms with E-state index in [2.05, 4.69) is 9.97 Å². The molecule has 10 nitrogen and oxygen atoms in total. The molecule has 2 heterocycles. The van der Waals surface area contributed by atoms with Crippen molar-refractivity contribution in [1.82, 2.24) is 9.97 Å². The molecule has 2 aromatic rings. The Labute approximate surface area is 142 Å². The second-order valence-electron chi connectivity index (χ2n) is 3.24. The van der Waals surface area contributed by atoms with Crippen LogP contribution in [-0.2, 0) is 48.0 Å². The molecule has 0 amide bonds. The van der Waals surface area contributed by atoms with E-state index in [4.69, 9.17) is 0 Å². The van der Waals surface area contributed by atoms with Crippen LogP contribution in [0.25, 0.3) is 0 Å². The molecule has 2 rings (SSSR count). The second kappa shape index (κ2) is 11.1. The number of rotatable bonds is 2. The first kappa shape index (κ1) is 26.4. The van der Waals surface area contributed by atoms with Gasteiger partial charge in [-0.2, -0.15) is 0 Å². The van der Waals surface area contributed by atoms with E-state index in [1.54, 1.807) is 0 Å². The minimum absolute atomic E-state index is 0. The predicted octanol–water partition coefficient (Wildman–Crippen LogP) is -1.87. The Bertz CT molecular complexity index is 686. The van der Waals surface area contributed by atoms with Crippen LogP contribution in [0.4, 0.5) is 0 Å². The molecule has 0 aromatic carbocycles. The Morgan fingerprint density at radius 3 is 1.13 bits per heavy atom. The molecule has 0 atom stereocenters. The van der Waals surface area contributed by atoms with Crippen molar-refractivity contribution in [1.29, 1.82) is 0 Å². The third-order valence-electron chi connectivity index (χ3n) is 1.79. The summed E-state index contributed by atoms with van der Waals surface area (Å²) in [6.07, 6.45) is 2.51. The van der Waals surface area contributed by atoms with Crippen molar-refractivity contribution >= 4 is 20.2 Å². The maximum absolute atomic E-state index is 10.2. The number of pyridine rings is 2. The summed E-state index contributed by atoms with van der Waals surface area (Å²) >= 11 is 0. The van der Waals surface area contributed by atoms with Crippen LogP contribution in [-0.4, -0.2) is 35.9 Å².